The highest BCUT2D eigenvalue weighted by molar-refractivity contribution is 4.97. The molecule has 2 nitrogen and oxygen atoms in total. The Balaban J connectivity index is 2.07. The lowest BCUT2D eigenvalue weighted by atomic mass is 9.98. The van der Waals surface area contributed by atoms with Crippen molar-refractivity contribution in [2.24, 2.45) is 0 Å². The largest absolute Gasteiger partial charge is 0.313 e. The van der Waals surface area contributed by atoms with Crippen molar-refractivity contribution >= 4 is 0 Å². The van der Waals surface area contributed by atoms with Crippen LogP contribution < -0.4 is 5.32 Å². The zero-order valence-electron chi connectivity index (χ0n) is 9.14. The second kappa shape index (κ2) is 3.25. The Hall–Kier alpha value is -0.0800. The van der Waals surface area contributed by atoms with E-state index < -0.39 is 0 Å². The van der Waals surface area contributed by atoms with E-state index in [0.29, 0.717) is 11.6 Å². The molecule has 2 fully saturated rings. The van der Waals surface area contributed by atoms with Gasteiger partial charge in [0.2, 0.25) is 0 Å². The second-order valence-corrected chi connectivity index (χ2v) is 5.21. The summed E-state index contributed by atoms with van der Waals surface area (Å²) in [6.45, 7) is 9.63. The minimum absolute atomic E-state index is 0.449. The lowest BCUT2D eigenvalue weighted by Crippen LogP contribution is -2.49. The summed E-state index contributed by atoms with van der Waals surface area (Å²) in [6.07, 6.45) is 4.09. The molecule has 76 valence electrons. The first-order valence-electron chi connectivity index (χ1n) is 5.61. The fourth-order valence-electron chi connectivity index (χ4n) is 3.01. The maximum atomic E-state index is 3.54. The molecule has 2 saturated heterocycles. The van der Waals surface area contributed by atoms with Crippen LogP contribution in [-0.2, 0) is 0 Å². The molecule has 2 heteroatoms. The molecule has 0 aliphatic carbocycles. The van der Waals surface area contributed by atoms with Gasteiger partial charge in [-0.1, -0.05) is 0 Å². The summed E-state index contributed by atoms with van der Waals surface area (Å²) in [5.41, 5.74) is 0.449. The van der Waals surface area contributed by atoms with Crippen LogP contribution in [0, 0.1) is 0 Å². The normalized spacial score (nSPS) is 39.9. The summed E-state index contributed by atoms with van der Waals surface area (Å²) in [5.74, 6) is 0. The fraction of sp³-hybridized carbons (Fsp3) is 1.00. The Morgan fingerprint density at radius 3 is 2.62 bits per heavy atom. The van der Waals surface area contributed by atoms with Gasteiger partial charge in [-0.15, -0.1) is 0 Å². The zero-order chi connectivity index (χ0) is 9.47. The molecule has 1 N–H and O–H groups in total. The average Bonchev–Trinajstić information content (AvgIpc) is 2.56. The van der Waals surface area contributed by atoms with Crippen LogP contribution >= 0.6 is 0 Å². The molecule has 2 atom stereocenters. The molecule has 2 aliphatic rings. The molecule has 2 rings (SSSR count). The standard InChI is InChI=1S/C11H22N2/c1-9-10(5-7-12-9)13-8-4-6-11(13,2)3/h9-10,12H,4-8H2,1-3H3. The third-order valence-electron chi connectivity index (χ3n) is 3.85. The average molecular weight is 182 g/mol. The molecule has 0 aromatic rings. The van der Waals surface area contributed by atoms with Gasteiger partial charge in [0.05, 0.1) is 0 Å². The minimum atomic E-state index is 0.449. The predicted octanol–water partition coefficient (Wildman–Crippen LogP) is 1.61. The first kappa shape index (κ1) is 9.47. The Kier molecular flexibility index (Phi) is 2.37. The van der Waals surface area contributed by atoms with Crippen molar-refractivity contribution in [1.29, 1.82) is 0 Å². The van der Waals surface area contributed by atoms with Crippen LogP contribution in [-0.4, -0.2) is 35.6 Å². The summed E-state index contributed by atoms with van der Waals surface area (Å²) < 4.78 is 0. The van der Waals surface area contributed by atoms with Crippen molar-refractivity contribution in [2.75, 3.05) is 13.1 Å². The van der Waals surface area contributed by atoms with Gasteiger partial charge < -0.3 is 5.32 Å². The molecular formula is C11H22N2. The first-order valence-corrected chi connectivity index (χ1v) is 5.61. The lowest BCUT2D eigenvalue weighted by molar-refractivity contribution is 0.109. The molecule has 0 bridgehead atoms. The molecule has 0 saturated carbocycles. The Morgan fingerprint density at radius 1 is 1.38 bits per heavy atom. The van der Waals surface area contributed by atoms with Gasteiger partial charge >= 0.3 is 0 Å². The van der Waals surface area contributed by atoms with Crippen molar-refractivity contribution in [3.05, 3.63) is 0 Å². The van der Waals surface area contributed by atoms with E-state index in [1.54, 1.807) is 0 Å². The van der Waals surface area contributed by atoms with Crippen LogP contribution in [0.3, 0.4) is 0 Å². The van der Waals surface area contributed by atoms with Gasteiger partial charge in [0.25, 0.3) is 0 Å². The molecule has 0 aromatic carbocycles. The number of nitrogens with zero attached hydrogens (tertiary/aromatic N) is 1. The van der Waals surface area contributed by atoms with E-state index in [0.717, 1.165) is 6.04 Å². The monoisotopic (exact) mass is 182 g/mol. The van der Waals surface area contributed by atoms with E-state index >= 15 is 0 Å². The molecule has 0 aromatic heterocycles. The molecular weight excluding hydrogens is 160 g/mol. The van der Waals surface area contributed by atoms with E-state index in [2.05, 4.69) is 31.0 Å². The Bertz CT molecular complexity index is 189. The van der Waals surface area contributed by atoms with Gasteiger partial charge in [-0.3, -0.25) is 4.90 Å². The summed E-state index contributed by atoms with van der Waals surface area (Å²) >= 11 is 0. The highest BCUT2D eigenvalue weighted by Gasteiger charge is 2.40. The molecule has 0 radical (unpaired) electrons. The highest BCUT2D eigenvalue weighted by atomic mass is 15.3. The van der Waals surface area contributed by atoms with Gasteiger partial charge in [-0.2, -0.15) is 0 Å². The summed E-state index contributed by atoms with van der Waals surface area (Å²) in [6, 6.07) is 1.48. The third-order valence-corrected chi connectivity index (χ3v) is 3.85. The van der Waals surface area contributed by atoms with Crippen molar-refractivity contribution < 1.29 is 0 Å². The van der Waals surface area contributed by atoms with Crippen molar-refractivity contribution in [3.8, 4) is 0 Å². The third kappa shape index (κ3) is 1.62. The van der Waals surface area contributed by atoms with Gasteiger partial charge in [0, 0.05) is 17.6 Å². The molecule has 13 heavy (non-hydrogen) atoms. The summed E-state index contributed by atoms with van der Waals surface area (Å²) in [4.78, 5) is 2.72. The van der Waals surface area contributed by atoms with Gasteiger partial charge in [-0.05, 0) is 53.1 Å². The van der Waals surface area contributed by atoms with Crippen LogP contribution in [0.15, 0.2) is 0 Å². The fourth-order valence-corrected chi connectivity index (χ4v) is 3.01. The van der Waals surface area contributed by atoms with E-state index in [4.69, 9.17) is 0 Å². The highest BCUT2D eigenvalue weighted by Crippen LogP contribution is 2.33. The maximum absolute atomic E-state index is 3.54. The minimum Gasteiger partial charge on any atom is -0.313 e. The Morgan fingerprint density at radius 2 is 2.15 bits per heavy atom. The number of likely N-dealkylation sites (tertiary alicyclic amines) is 1. The maximum Gasteiger partial charge on any atom is 0.0264 e. The van der Waals surface area contributed by atoms with Crippen molar-refractivity contribution in [1.82, 2.24) is 10.2 Å². The molecule has 2 heterocycles. The van der Waals surface area contributed by atoms with Crippen LogP contribution in [0.4, 0.5) is 0 Å². The molecule has 0 amide bonds. The van der Waals surface area contributed by atoms with E-state index in [9.17, 15) is 0 Å². The number of hydrogen-bond donors (Lipinski definition) is 1. The molecule has 0 spiro atoms. The van der Waals surface area contributed by atoms with E-state index in [-0.39, 0.29) is 0 Å². The van der Waals surface area contributed by atoms with Crippen LogP contribution in [0.2, 0.25) is 0 Å². The van der Waals surface area contributed by atoms with Gasteiger partial charge in [0.1, 0.15) is 0 Å². The van der Waals surface area contributed by atoms with Gasteiger partial charge in [-0.25, -0.2) is 0 Å². The lowest BCUT2D eigenvalue weighted by Gasteiger charge is -2.38. The number of nitrogens with one attached hydrogen (secondary N) is 1. The predicted molar refractivity (Wildman–Crippen MR) is 55.9 cm³/mol. The SMILES string of the molecule is CC1NCCC1N1CCCC1(C)C. The topological polar surface area (TPSA) is 15.3 Å². The zero-order valence-corrected chi connectivity index (χ0v) is 9.14. The van der Waals surface area contributed by atoms with Crippen LogP contribution in [0.5, 0.6) is 0 Å². The molecule has 2 unspecified atom stereocenters. The van der Waals surface area contributed by atoms with Crippen LogP contribution in [0.1, 0.15) is 40.0 Å². The summed E-state index contributed by atoms with van der Waals surface area (Å²) in [7, 11) is 0. The van der Waals surface area contributed by atoms with E-state index in [1.807, 2.05) is 0 Å². The number of hydrogen-bond acceptors (Lipinski definition) is 2. The number of rotatable bonds is 1. The smallest absolute Gasteiger partial charge is 0.0264 e. The second-order valence-electron chi connectivity index (χ2n) is 5.21. The first-order chi connectivity index (χ1) is 6.11. The van der Waals surface area contributed by atoms with Crippen molar-refractivity contribution in [3.63, 3.8) is 0 Å². The van der Waals surface area contributed by atoms with Crippen molar-refractivity contribution in [2.45, 2.75) is 57.7 Å². The quantitative estimate of drug-likeness (QED) is 0.663. The van der Waals surface area contributed by atoms with E-state index in [1.165, 1.54) is 32.4 Å². The molecule has 2 aliphatic heterocycles. The van der Waals surface area contributed by atoms with Crippen LogP contribution in [0.25, 0.3) is 0 Å². The summed E-state index contributed by atoms with van der Waals surface area (Å²) in [5, 5.41) is 3.54. The Labute approximate surface area is 81.7 Å². The van der Waals surface area contributed by atoms with Gasteiger partial charge in [0.15, 0.2) is 0 Å².